The molecule has 12 heteroatoms. The molecule has 216 valence electrons. The van der Waals surface area contributed by atoms with Gasteiger partial charge in [0.15, 0.2) is 17.3 Å². The third kappa shape index (κ3) is 5.86. The molecule has 3 heterocycles. The van der Waals surface area contributed by atoms with E-state index in [0.29, 0.717) is 41.4 Å². The molecule has 1 saturated carbocycles. The molecule has 0 radical (unpaired) electrons. The zero-order valence-corrected chi connectivity index (χ0v) is 22.9. The van der Waals surface area contributed by atoms with Crippen molar-refractivity contribution in [1.29, 1.82) is 0 Å². The van der Waals surface area contributed by atoms with E-state index in [-0.39, 0.29) is 23.7 Å². The van der Waals surface area contributed by atoms with Gasteiger partial charge in [-0.3, -0.25) is 4.98 Å². The number of benzene rings is 1. The number of alkyl halides is 3. The van der Waals surface area contributed by atoms with Crippen LogP contribution in [0.25, 0.3) is 22.7 Å². The average Bonchev–Trinajstić information content (AvgIpc) is 3.24. The number of carboxylic acid groups (broad SMARTS) is 1. The van der Waals surface area contributed by atoms with Gasteiger partial charge in [-0.05, 0) is 53.6 Å². The second-order valence-corrected chi connectivity index (χ2v) is 10.8. The van der Waals surface area contributed by atoms with Gasteiger partial charge in [0.25, 0.3) is 0 Å². The third-order valence-corrected chi connectivity index (χ3v) is 7.59. The standard InChI is InChI=1S/C29H30F4N6O2/c1-16(2)19-9-11-34-22(14-19)26-36-24-23(39(26)15-18-7-8-20(21(30)13-18)29(31,32)33)27(37-25(35-24)28(40)41)38(3)12-10-17-5-4-6-17/h7-9,11,13-14,16-17H,4-6,10,12,15H2,1-3H3,(H,40,41). The fourth-order valence-electron chi connectivity index (χ4n) is 4.99. The fraction of sp³-hybridized carbons (Fsp3) is 0.414. The summed E-state index contributed by atoms with van der Waals surface area (Å²) in [6.07, 6.45) is 1.19. The van der Waals surface area contributed by atoms with E-state index in [9.17, 15) is 27.5 Å². The van der Waals surface area contributed by atoms with Gasteiger partial charge in [-0.2, -0.15) is 13.2 Å². The molecule has 0 saturated heterocycles. The SMILES string of the molecule is CC(C)c1ccnc(-c2nc3nc(C(=O)O)nc(N(C)CCC4CCC4)c3n2Cc2ccc(C(F)(F)F)c(F)c2)c1. The summed E-state index contributed by atoms with van der Waals surface area (Å²) in [7, 11) is 1.80. The van der Waals surface area contributed by atoms with Gasteiger partial charge in [0, 0.05) is 19.8 Å². The van der Waals surface area contributed by atoms with Gasteiger partial charge in [-0.25, -0.2) is 24.1 Å². The van der Waals surface area contributed by atoms with Crippen LogP contribution in [0.15, 0.2) is 36.5 Å². The summed E-state index contributed by atoms with van der Waals surface area (Å²) in [5.74, 6) is -1.74. The van der Waals surface area contributed by atoms with Crippen LogP contribution in [0.2, 0.25) is 0 Å². The van der Waals surface area contributed by atoms with Crippen LogP contribution in [-0.2, 0) is 12.7 Å². The maximum atomic E-state index is 14.6. The van der Waals surface area contributed by atoms with E-state index >= 15 is 0 Å². The van der Waals surface area contributed by atoms with E-state index in [4.69, 9.17) is 0 Å². The van der Waals surface area contributed by atoms with Crippen molar-refractivity contribution >= 4 is 23.0 Å². The molecule has 0 aliphatic heterocycles. The van der Waals surface area contributed by atoms with Gasteiger partial charge in [0.2, 0.25) is 5.82 Å². The minimum absolute atomic E-state index is 0.0757. The van der Waals surface area contributed by atoms with Crippen LogP contribution in [0.3, 0.4) is 0 Å². The lowest BCUT2D eigenvalue weighted by Gasteiger charge is -2.28. The number of aromatic nitrogens is 5. The van der Waals surface area contributed by atoms with Crippen molar-refractivity contribution in [1.82, 2.24) is 24.5 Å². The molecule has 1 fully saturated rings. The lowest BCUT2D eigenvalue weighted by atomic mass is 9.83. The molecule has 1 aliphatic rings. The second-order valence-electron chi connectivity index (χ2n) is 10.8. The molecule has 0 spiro atoms. The average molecular weight is 571 g/mol. The zero-order valence-electron chi connectivity index (χ0n) is 22.9. The number of carbonyl (C=O) groups is 1. The Labute approximate surface area is 234 Å². The minimum atomic E-state index is -4.83. The summed E-state index contributed by atoms with van der Waals surface area (Å²) in [5, 5.41) is 9.74. The summed E-state index contributed by atoms with van der Waals surface area (Å²) < 4.78 is 55.9. The fourth-order valence-corrected chi connectivity index (χ4v) is 4.99. The number of fused-ring (bicyclic) bond motifs is 1. The Bertz CT molecular complexity index is 1600. The van der Waals surface area contributed by atoms with E-state index in [1.165, 1.54) is 12.5 Å². The number of pyridine rings is 1. The first-order valence-electron chi connectivity index (χ1n) is 13.5. The Morgan fingerprint density at radius 2 is 1.90 bits per heavy atom. The molecule has 3 aromatic heterocycles. The highest BCUT2D eigenvalue weighted by atomic mass is 19.4. The number of hydrogen-bond acceptors (Lipinski definition) is 6. The predicted molar refractivity (Wildman–Crippen MR) is 145 cm³/mol. The van der Waals surface area contributed by atoms with Gasteiger partial charge >= 0.3 is 12.1 Å². The molecule has 0 atom stereocenters. The lowest BCUT2D eigenvalue weighted by Crippen LogP contribution is -2.26. The highest BCUT2D eigenvalue weighted by Gasteiger charge is 2.34. The predicted octanol–water partition coefficient (Wildman–Crippen LogP) is 6.54. The van der Waals surface area contributed by atoms with Crippen LogP contribution in [-0.4, -0.2) is 49.2 Å². The number of imidazole rings is 1. The molecular weight excluding hydrogens is 540 g/mol. The Kier molecular flexibility index (Phi) is 7.67. The molecular formula is C29H30F4N6O2. The van der Waals surface area contributed by atoms with Crippen molar-refractivity contribution < 1.29 is 27.5 Å². The monoisotopic (exact) mass is 570 g/mol. The van der Waals surface area contributed by atoms with Crippen LogP contribution >= 0.6 is 0 Å². The number of carboxylic acids is 1. The van der Waals surface area contributed by atoms with E-state index < -0.39 is 29.4 Å². The molecule has 5 rings (SSSR count). The highest BCUT2D eigenvalue weighted by molar-refractivity contribution is 5.92. The van der Waals surface area contributed by atoms with Crippen molar-refractivity contribution in [2.75, 3.05) is 18.5 Å². The van der Waals surface area contributed by atoms with Crippen molar-refractivity contribution in [2.24, 2.45) is 5.92 Å². The summed E-state index contributed by atoms with van der Waals surface area (Å²) in [6, 6.07) is 6.50. The Morgan fingerprint density at radius 1 is 1.15 bits per heavy atom. The number of rotatable bonds is 9. The molecule has 0 bridgehead atoms. The first-order valence-corrected chi connectivity index (χ1v) is 13.5. The Morgan fingerprint density at radius 3 is 2.51 bits per heavy atom. The van der Waals surface area contributed by atoms with E-state index in [2.05, 4.69) is 19.9 Å². The Hall–Kier alpha value is -4.09. The summed E-state index contributed by atoms with van der Waals surface area (Å²) >= 11 is 0. The first-order chi connectivity index (χ1) is 19.4. The Balaban J connectivity index is 1.69. The van der Waals surface area contributed by atoms with Crippen LogP contribution in [0.5, 0.6) is 0 Å². The largest absolute Gasteiger partial charge is 0.475 e. The second kappa shape index (κ2) is 11.1. The van der Waals surface area contributed by atoms with Crippen molar-refractivity contribution in [2.45, 2.75) is 58.2 Å². The summed E-state index contributed by atoms with van der Waals surface area (Å²) in [4.78, 5) is 31.5. The van der Waals surface area contributed by atoms with E-state index in [0.717, 1.165) is 30.9 Å². The van der Waals surface area contributed by atoms with Crippen molar-refractivity contribution in [3.63, 3.8) is 0 Å². The van der Waals surface area contributed by atoms with Gasteiger partial charge in [-0.15, -0.1) is 0 Å². The molecule has 4 aromatic rings. The third-order valence-electron chi connectivity index (χ3n) is 7.59. The van der Waals surface area contributed by atoms with Gasteiger partial charge < -0.3 is 14.6 Å². The number of hydrogen-bond donors (Lipinski definition) is 1. The lowest BCUT2D eigenvalue weighted by molar-refractivity contribution is -0.140. The quantitative estimate of drug-likeness (QED) is 0.228. The van der Waals surface area contributed by atoms with Crippen LogP contribution < -0.4 is 4.90 Å². The molecule has 8 nitrogen and oxygen atoms in total. The summed E-state index contributed by atoms with van der Waals surface area (Å²) in [6.45, 7) is 4.57. The van der Waals surface area contributed by atoms with Crippen LogP contribution in [0.1, 0.15) is 72.8 Å². The van der Waals surface area contributed by atoms with Crippen molar-refractivity contribution in [3.8, 4) is 11.5 Å². The van der Waals surface area contributed by atoms with Gasteiger partial charge in [-0.1, -0.05) is 39.2 Å². The first kappa shape index (κ1) is 28.4. The van der Waals surface area contributed by atoms with Crippen LogP contribution in [0.4, 0.5) is 23.4 Å². The highest BCUT2D eigenvalue weighted by Crippen LogP contribution is 2.35. The molecule has 0 amide bonds. The number of aromatic carboxylic acids is 1. The van der Waals surface area contributed by atoms with Gasteiger partial charge in [0.05, 0.1) is 12.1 Å². The number of halogens is 4. The molecule has 1 aliphatic carbocycles. The topological polar surface area (TPSA) is 97.0 Å². The van der Waals surface area contributed by atoms with E-state index in [1.807, 2.05) is 30.9 Å². The maximum Gasteiger partial charge on any atom is 0.419 e. The normalized spacial score (nSPS) is 14.0. The molecule has 1 N–H and O–H groups in total. The van der Waals surface area contributed by atoms with E-state index in [1.54, 1.807) is 17.8 Å². The minimum Gasteiger partial charge on any atom is -0.475 e. The van der Waals surface area contributed by atoms with Crippen molar-refractivity contribution in [3.05, 3.63) is 64.9 Å². The zero-order chi connectivity index (χ0) is 29.5. The smallest absolute Gasteiger partial charge is 0.419 e. The number of anilines is 1. The molecule has 1 aromatic carbocycles. The maximum absolute atomic E-state index is 14.6. The van der Waals surface area contributed by atoms with Crippen LogP contribution in [0, 0.1) is 11.7 Å². The number of nitrogens with zero attached hydrogens (tertiary/aromatic N) is 6. The molecule has 0 unspecified atom stereocenters. The van der Waals surface area contributed by atoms with Gasteiger partial charge in [0.1, 0.15) is 17.0 Å². The molecule has 41 heavy (non-hydrogen) atoms. The summed E-state index contributed by atoms with van der Waals surface area (Å²) in [5.41, 5.74) is 0.821.